The smallest absolute Gasteiger partial charge is 0.0444 e. The Kier molecular flexibility index (Phi) is 2.07. The van der Waals surface area contributed by atoms with E-state index in [9.17, 15) is 0 Å². The molecule has 0 saturated heterocycles. The second-order valence-corrected chi connectivity index (χ2v) is 4.12. The van der Waals surface area contributed by atoms with Gasteiger partial charge in [-0.2, -0.15) is 0 Å². The van der Waals surface area contributed by atoms with E-state index in [1.54, 1.807) is 0 Å². The van der Waals surface area contributed by atoms with Gasteiger partial charge in [0.1, 0.15) is 0 Å². The third kappa shape index (κ3) is 1.43. The van der Waals surface area contributed by atoms with E-state index in [0.717, 1.165) is 18.7 Å². The molecule has 0 radical (unpaired) electrons. The van der Waals surface area contributed by atoms with Gasteiger partial charge in [0, 0.05) is 23.6 Å². The minimum absolute atomic E-state index is 0.816. The van der Waals surface area contributed by atoms with Crippen LogP contribution in [0.2, 0.25) is 0 Å². The van der Waals surface area contributed by atoms with Crippen LogP contribution in [-0.4, -0.2) is 6.54 Å². The van der Waals surface area contributed by atoms with Crippen molar-refractivity contribution < 1.29 is 0 Å². The van der Waals surface area contributed by atoms with Crippen molar-refractivity contribution in [2.45, 2.75) is 6.42 Å². The average molecular weight is 210 g/mol. The minimum Gasteiger partial charge on any atom is -0.399 e. The number of nitrogen functional groups attached to an aromatic ring is 1. The van der Waals surface area contributed by atoms with Crippen LogP contribution < -0.4 is 10.6 Å². The van der Waals surface area contributed by atoms with Gasteiger partial charge in [-0.05, 0) is 42.3 Å². The molecule has 0 amide bonds. The summed E-state index contributed by atoms with van der Waals surface area (Å²) in [5.74, 6) is 0. The molecule has 80 valence electrons. The summed E-state index contributed by atoms with van der Waals surface area (Å²) in [6.07, 6.45) is 1.13. The Morgan fingerprint density at radius 1 is 0.938 bits per heavy atom. The van der Waals surface area contributed by atoms with Gasteiger partial charge in [-0.1, -0.05) is 18.2 Å². The average Bonchev–Trinajstić information content (AvgIpc) is 2.74. The van der Waals surface area contributed by atoms with E-state index in [0.29, 0.717) is 0 Å². The number of hydrogen-bond donors (Lipinski definition) is 1. The summed E-state index contributed by atoms with van der Waals surface area (Å²) in [4.78, 5) is 2.34. The molecule has 0 aromatic heterocycles. The predicted octanol–water partition coefficient (Wildman–Crippen LogP) is 2.96. The molecule has 16 heavy (non-hydrogen) atoms. The molecule has 2 aromatic carbocycles. The number of benzene rings is 2. The van der Waals surface area contributed by atoms with E-state index in [1.165, 1.54) is 16.9 Å². The molecule has 0 spiro atoms. The van der Waals surface area contributed by atoms with Crippen molar-refractivity contribution in [2.75, 3.05) is 17.2 Å². The molecule has 0 fully saturated rings. The molecule has 1 heterocycles. The Bertz CT molecular complexity index is 502. The molecule has 2 nitrogen and oxygen atoms in total. The van der Waals surface area contributed by atoms with Crippen LogP contribution in [0.3, 0.4) is 0 Å². The van der Waals surface area contributed by atoms with Gasteiger partial charge in [0.15, 0.2) is 0 Å². The zero-order valence-electron chi connectivity index (χ0n) is 9.06. The summed E-state index contributed by atoms with van der Waals surface area (Å²) in [5.41, 5.74) is 10.5. The van der Waals surface area contributed by atoms with Gasteiger partial charge in [0.25, 0.3) is 0 Å². The SMILES string of the molecule is Nc1ccc(N2CCc3ccccc32)cc1. The van der Waals surface area contributed by atoms with Gasteiger partial charge in [0.2, 0.25) is 0 Å². The third-order valence-electron chi connectivity index (χ3n) is 3.09. The zero-order chi connectivity index (χ0) is 11.0. The Balaban J connectivity index is 2.01. The van der Waals surface area contributed by atoms with Gasteiger partial charge in [-0.3, -0.25) is 0 Å². The molecular weight excluding hydrogens is 196 g/mol. The third-order valence-corrected chi connectivity index (χ3v) is 3.09. The lowest BCUT2D eigenvalue weighted by Crippen LogP contribution is -2.12. The Labute approximate surface area is 95.3 Å². The van der Waals surface area contributed by atoms with Gasteiger partial charge >= 0.3 is 0 Å². The summed E-state index contributed by atoms with van der Waals surface area (Å²) in [6.45, 7) is 1.06. The topological polar surface area (TPSA) is 29.3 Å². The quantitative estimate of drug-likeness (QED) is 0.733. The van der Waals surface area contributed by atoms with E-state index in [4.69, 9.17) is 5.73 Å². The molecule has 2 aromatic rings. The first-order valence-corrected chi connectivity index (χ1v) is 5.55. The highest BCUT2D eigenvalue weighted by Crippen LogP contribution is 2.34. The van der Waals surface area contributed by atoms with E-state index in [1.807, 2.05) is 12.1 Å². The molecule has 2 N–H and O–H groups in total. The monoisotopic (exact) mass is 210 g/mol. The fourth-order valence-corrected chi connectivity index (χ4v) is 2.26. The van der Waals surface area contributed by atoms with Crippen molar-refractivity contribution in [1.29, 1.82) is 0 Å². The van der Waals surface area contributed by atoms with Crippen LogP contribution >= 0.6 is 0 Å². The highest BCUT2D eigenvalue weighted by molar-refractivity contribution is 5.70. The number of para-hydroxylation sites is 1. The van der Waals surface area contributed by atoms with E-state index in [2.05, 4.69) is 41.3 Å². The highest BCUT2D eigenvalue weighted by Gasteiger charge is 2.19. The number of fused-ring (bicyclic) bond motifs is 1. The maximum Gasteiger partial charge on any atom is 0.0444 e. The Morgan fingerprint density at radius 2 is 1.69 bits per heavy atom. The lowest BCUT2D eigenvalue weighted by molar-refractivity contribution is 0.998. The summed E-state index contributed by atoms with van der Waals surface area (Å²) >= 11 is 0. The molecule has 0 atom stereocenters. The van der Waals surface area contributed by atoms with Crippen LogP contribution in [-0.2, 0) is 6.42 Å². The van der Waals surface area contributed by atoms with E-state index < -0.39 is 0 Å². The van der Waals surface area contributed by atoms with Crippen molar-refractivity contribution in [3.05, 3.63) is 54.1 Å². The standard InChI is InChI=1S/C14H14N2/c15-12-5-7-13(8-6-12)16-10-9-11-3-1-2-4-14(11)16/h1-8H,9-10,15H2. The minimum atomic E-state index is 0.816. The van der Waals surface area contributed by atoms with Crippen LogP contribution in [0.1, 0.15) is 5.56 Å². The van der Waals surface area contributed by atoms with Crippen molar-refractivity contribution in [1.82, 2.24) is 0 Å². The molecule has 0 unspecified atom stereocenters. The van der Waals surface area contributed by atoms with Crippen molar-refractivity contribution in [2.24, 2.45) is 0 Å². The highest BCUT2D eigenvalue weighted by atomic mass is 15.2. The van der Waals surface area contributed by atoms with E-state index >= 15 is 0 Å². The van der Waals surface area contributed by atoms with Crippen LogP contribution in [0.5, 0.6) is 0 Å². The van der Waals surface area contributed by atoms with Crippen LogP contribution in [0.4, 0.5) is 17.1 Å². The lowest BCUT2D eigenvalue weighted by Gasteiger charge is -2.19. The van der Waals surface area contributed by atoms with Crippen molar-refractivity contribution in [3.8, 4) is 0 Å². The fourth-order valence-electron chi connectivity index (χ4n) is 2.26. The number of anilines is 3. The van der Waals surface area contributed by atoms with Crippen molar-refractivity contribution in [3.63, 3.8) is 0 Å². The molecule has 0 aliphatic carbocycles. The first kappa shape index (κ1) is 9.28. The van der Waals surface area contributed by atoms with Crippen molar-refractivity contribution >= 4 is 17.1 Å². The summed E-state index contributed by atoms with van der Waals surface area (Å²) in [6, 6.07) is 16.6. The van der Waals surface area contributed by atoms with Gasteiger partial charge in [-0.15, -0.1) is 0 Å². The molecule has 0 bridgehead atoms. The molecule has 2 heteroatoms. The van der Waals surface area contributed by atoms with Gasteiger partial charge < -0.3 is 10.6 Å². The fraction of sp³-hybridized carbons (Fsp3) is 0.143. The normalized spacial score (nSPS) is 13.9. The van der Waals surface area contributed by atoms with Gasteiger partial charge in [-0.25, -0.2) is 0 Å². The lowest BCUT2D eigenvalue weighted by atomic mass is 10.2. The van der Waals surface area contributed by atoms with E-state index in [-0.39, 0.29) is 0 Å². The number of nitrogens with zero attached hydrogens (tertiary/aromatic N) is 1. The first-order valence-electron chi connectivity index (χ1n) is 5.55. The molecule has 1 aliphatic heterocycles. The maximum atomic E-state index is 5.70. The summed E-state index contributed by atoms with van der Waals surface area (Å²) in [7, 11) is 0. The second-order valence-electron chi connectivity index (χ2n) is 4.12. The maximum absolute atomic E-state index is 5.70. The molecular formula is C14H14N2. The van der Waals surface area contributed by atoms with Crippen LogP contribution in [0.15, 0.2) is 48.5 Å². The number of nitrogens with two attached hydrogens (primary N) is 1. The molecule has 3 rings (SSSR count). The van der Waals surface area contributed by atoms with Crippen LogP contribution in [0.25, 0.3) is 0 Å². The Hall–Kier alpha value is -1.96. The number of rotatable bonds is 1. The van der Waals surface area contributed by atoms with Crippen LogP contribution in [0, 0.1) is 0 Å². The number of hydrogen-bond acceptors (Lipinski definition) is 2. The summed E-state index contributed by atoms with van der Waals surface area (Å²) < 4.78 is 0. The zero-order valence-corrected chi connectivity index (χ0v) is 9.06. The Morgan fingerprint density at radius 3 is 2.50 bits per heavy atom. The first-order chi connectivity index (χ1) is 7.84. The largest absolute Gasteiger partial charge is 0.399 e. The predicted molar refractivity (Wildman–Crippen MR) is 68.0 cm³/mol. The summed E-state index contributed by atoms with van der Waals surface area (Å²) in [5, 5.41) is 0. The second kappa shape index (κ2) is 3.56. The molecule has 1 aliphatic rings. The molecule has 0 saturated carbocycles. The van der Waals surface area contributed by atoms with Gasteiger partial charge in [0.05, 0.1) is 0 Å².